The number of benzene rings is 2. The van der Waals surface area contributed by atoms with Crippen LogP contribution >= 0.6 is 0 Å². The molecule has 0 N–H and O–H groups in total. The van der Waals surface area contributed by atoms with Crippen molar-refractivity contribution in [2.75, 3.05) is 39.3 Å². The maximum atomic E-state index is 5.85. The third-order valence-electron chi connectivity index (χ3n) is 4.21. The molecule has 0 aliphatic heterocycles. The van der Waals surface area contributed by atoms with Crippen LogP contribution in [0.25, 0.3) is 0 Å². The molecule has 2 aromatic carbocycles. The lowest BCUT2D eigenvalue weighted by Gasteiger charge is -2.29. The van der Waals surface area contributed by atoms with Crippen LogP contribution < -0.4 is 14.4 Å². The number of methoxy groups -OCH3 is 2. The fraction of sp³-hybridized carbons (Fsp3) is 0.455. The largest absolute Gasteiger partial charge is 0.465 e. The molecule has 0 radical (unpaired) electrons. The molecule has 0 aliphatic rings. The number of rotatable bonds is 11. The van der Waals surface area contributed by atoms with Gasteiger partial charge in [0.15, 0.2) is 13.6 Å². The first-order chi connectivity index (χ1) is 13.1. The highest BCUT2D eigenvalue weighted by Crippen LogP contribution is 2.40. The van der Waals surface area contributed by atoms with Crippen molar-refractivity contribution in [2.24, 2.45) is 0 Å². The Morgan fingerprint density at radius 3 is 1.67 bits per heavy atom. The minimum absolute atomic E-state index is 0.207. The Bertz CT molecular complexity index is 660. The molecule has 0 aromatic heterocycles. The average molecular weight is 373 g/mol. The van der Waals surface area contributed by atoms with Gasteiger partial charge in [-0.1, -0.05) is 25.5 Å². The maximum absolute atomic E-state index is 5.85. The molecule has 0 atom stereocenters. The lowest BCUT2D eigenvalue weighted by Crippen LogP contribution is -2.21. The first-order valence-corrected chi connectivity index (χ1v) is 9.33. The molecule has 0 heterocycles. The number of aryl methyl sites for hydroxylation is 2. The number of nitrogens with zero attached hydrogens (tertiary/aromatic N) is 1. The van der Waals surface area contributed by atoms with Gasteiger partial charge in [0, 0.05) is 20.8 Å². The minimum Gasteiger partial charge on any atom is -0.465 e. The number of hydrogen-bond donors (Lipinski definition) is 0. The summed E-state index contributed by atoms with van der Waals surface area (Å²) in [6, 6.07) is 12.4. The van der Waals surface area contributed by atoms with E-state index in [9.17, 15) is 0 Å². The number of hydrogen-bond acceptors (Lipinski definition) is 5. The van der Waals surface area contributed by atoms with Gasteiger partial charge in [-0.25, -0.2) is 0 Å². The monoisotopic (exact) mass is 373 g/mol. The number of anilines is 2. The highest BCUT2D eigenvalue weighted by atomic mass is 16.7. The van der Waals surface area contributed by atoms with Gasteiger partial charge in [0.05, 0.1) is 11.4 Å². The van der Waals surface area contributed by atoms with Crippen LogP contribution in [0.3, 0.4) is 0 Å². The molecule has 0 bridgehead atoms. The lowest BCUT2D eigenvalue weighted by atomic mass is 10.1. The Morgan fingerprint density at radius 2 is 1.26 bits per heavy atom. The van der Waals surface area contributed by atoms with Gasteiger partial charge in [-0.15, -0.1) is 0 Å². The molecule has 148 valence electrons. The van der Waals surface area contributed by atoms with Gasteiger partial charge in [-0.3, -0.25) is 0 Å². The van der Waals surface area contributed by atoms with Crippen LogP contribution in [0, 0.1) is 13.8 Å². The van der Waals surface area contributed by atoms with Crippen LogP contribution in [-0.2, 0) is 9.47 Å². The minimum atomic E-state index is 0.207. The zero-order chi connectivity index (χ0) is 19.6. The fourth-order valence-electron chi connectivity index (χ4n) is 2.85. The van der Waals surface area contributed by atoms with E-state index in [-0.39, 0.29) is 13.6 Å². The van der Waals surface area contributed by atoms with E-state index in [1.807, 2.05) is 24.3 Å². The zero-order valence-corrected chi connectivity index (χ0v) is 17.1. The molecule has 0 saturated carbocycles. The summed E-state index contributed by atoms with van der Waals surface area (Å²) < 4.78 is 21.9. The summed E-state index contributed by atoms with van der Waals surface area (Å²) in [5.74, 6) is 1.58. The molecule has 0 aliphatic carbocycles. The van der Waals surface area contributed by atoms with Crippen LogP contribution in [-0.4, -0.2) is 34.4 Å². The molecule has 5 nitrogen and oxygen atoms in total. The Labute approximate surface area is 162 Å². The maximum Gasteiger partial charge on any atom is 0.188 e. The summed E-state index contributed by atoms with van der Waals surface area (Å²) in [5.41, 5.74) is 4.35. The van der Waals surface area contributed by atoms with Crippen LogP contribution in [0.1, 0.15) is 30.9 Å². The topological polar surface area (TPSA) is 40.2 Å². The van der Waals surface area contributed by atoms with Crippen molar-refractivity contribution < 1.29 is 18.9 Å². The molecule has 0 fully saturated rings. The molecule has 0 amide bonds. The van der Waals surface area contributed by atoms with Gasteiger partial charge in [-0.2, -0.15) is 0 Å². The summed E-state index contributed by atoms with van der Waals surface area (Å²) in [7, 11) is 3.25. The van der Waals surface area contributed by atoms with Crippen molar-refractivity contribution in [1.82, 2.24) is 0 Å². The highest BCUT2D eigenvalue weighted by molar-refractivity contribution is 5.74. The van der Waals surface area contributed by atoms with Crippen molar-refractivity contribution in [3.8, 4) is 11.5 Å². The fourth-order valence-corrected chi connectivity index (χ4v) is 2.85. The van der Waals surface area contributed by atoms with Gasteiger partial charge in [0.2, 0.25) is 0 Å². The Balaban J connectivity index is 2.53. The molecule has 0 unspecified atom stereocenters. The van der Waals surface area contributed by atoms with Gasteiger partial charge in [0.1, 0.15) is 11.5 Å². The number of unbranched alkanes of at least 4 members (excludes halogenated alkanes) is 1. The third-order valence-corrected chi connectivity index (χ3v) is 4.21. The SMILES string of the molecule is CCCCN(c1cc(C)ccc1OCOC)c1cc(C)ccc1OCOC. The molecule has 0 saturated heterocycles. The highest BCUT2D eigenvalue weighted by Gasteiger charge is 2.19. The molecule has 2 aromatic rings. The van der Waals surface area contributed by atoms with Crippen molar-refractivity contribution in [3.63, 3.8) is 0 Å². The zero-order valence-electron chi connectivity index (χ0n) is 17.1. The van der Waals surface area contributed by atoms with Crippen molar-refractivity contribution in [3.05, 3.63) is 47.5 Å². The van der Waals surface area contributed by atoms with Crippen molar-refractivity contribution in [2.45, 2.75) is 33.6 Å². The summed E-state index contributed by atoms with van der Waals surface area (Å²) in [4.78, 5) is 2.26. The van der Waals surface area contributed by atoms with Gasteiger partial charge >= 0.3 is 0 Å². The van der Waals surface area contributed by atoms with E-state index in [4.69, 9.17) is 18.9 Å². The molecule has 5 heteroatoms. The summed E-state index contributed by atoms with van der Waals surface area (Å²) in [6.07, 6.45) is 2.14. The second-order valence-electron chi connectivity index (χ2n) is 6.55. The Morgan fingerprint density at radius 1 is 0.778 bits per heavy atom. The first kappa shape index (κ1) is 21.1. The average Bonchev–Trinajstić information content (AvgIpc) is 2.67. The van der Waals surface area contributed by atoms with E-state index in [1.165, 1.54) is 11.1 Å². The van der Waals surface area contributed by atoms with Crippen molar-refractivity contribution >= 4 is 11.4 Å². The second kappa shape index (κ2) is 10.8. The summed E-state index contributed by atoms with van der Waals surface area (Å²) in [5, 5.41) is 0. The second-order valence-corrected chi connectivity index (χ2v) is 6.55. The van der Waals surface area contributed by atoms with Crippen LogP contribution in [0.5, 0.6) is 11.5 Å². The van der Waals surface area contributed by atoms with E-state index in [0.717, 1.165) is 42.3 Å². The summed E-state index contributed by atoms with van der Waals surface area (Å²) >= 11 is 0. The van der Waals surface area contributed by atoms with Crippen LogP contribution in [0.15, 0.2) is 36.4 Å². The standard InChI is InChI=1S/C22H31NO4/c1-6-7-12-23(19-13-17(2)8-10-21(19)26-15-24-4)20-14-18(3)9-11-22(20)27-16-25-5/h8-11,13-14H,6-7,12,15-16H2,1-5H3. The smallest absolute Gasteiger partial charge is 0.188 e. The molecule has 27 heavy (non-hydrogen) atoms. The van der Waals surface area contributed by atoms with E-state index >= 15 is 0 Å². The van der Waals surface area contributed by atoms with Crippen LogP contribution in [0.2, 0.25) is 0 Å². The van der Waals surface area contributed by atoms with Gasteiger partial charge in [-0.05, 0) is 55.7 Å². The Kier molecular flexibility index (Phi) is 8.43. The van der Waals surface area contributed by atoms with Crippen molar-refractivity contribution in [1.29, 1.82) is 0 Å². The van der Waals surface area contributed by atoms with E-state index < -0.39 is 0 Å². The van der Waals surface area contributed by atoms with E-state index in [0.29, 0.717) is 0 Å². The van der Waals surface area contributed by atoms with E-state index in [1.54, 1.807) is 14.2 Å². The predicted molar refractivity (Wildman–Crippen MR) is 109 cm³/mol. The van der Waals surface area contributed by atoms with Gasteiger partial charge < -0.3 is 23.8 Å². The van der Waals surface area contributed by atoms with Crippen LogP contribution in [0.4, 0.5) is 11.4 Å². The summed E-state index contributed by atoms with van der Waals surface area (Å²) in [6.45, 7) is 7.63. The predicted octanol–water partition coefficient (Wildman–Crippen LogP) is 5.21. The lowest BCUT2D eigenvalue weighted by molar-refractivity contribution is 0.0510. The normalized spacial score (nSPS) is 10.7. The van der Waals surface area contributed by atoms with E-state index in [2.05, 4.69) is 37.8 Å². The molecule has 0 spiro atoms. The number of ether oxygens (including phenoxy) is 4. The van der Waals surface area contributed by atoms with Gasteiger partial charge in [0.25, 0.3) is 0 Å². The Hall–Kier alpha value is -2.24. The molecule has 2 rings (SSSR count). The third kappa shape index (κ3) is 5.88. The quantitative estimate of drug-likeness (QED) is 0.506. The molecular formula is C22H31NO4. The first-order valence-electron chi connectivity index (χ1n) is 9.33. The molecular weight excluding hydrogens is 342 g/mol.